The number of halogens is 1. The van der Waals surface area contributed by atoms with Gasteiger partial charge in [-0.05, 0) is 42.8 Å². The van der Waals surface area contributed by atoms with Gasteiger partial charge >= 0.3 is 0 Å². The van der Waals surface area contributed by atoms with Gasteiger partial charge in [-0.15, -0.1) is 0 Å². The number of nitrogens with one attached hydrogen (secondary N) is 1. The number of hydrogen-bond acceptors (Lipinski definition) is 4. The molecule has 2 aromatic rings. The molecular weight excluding hydrogens is 364 g/mol. The van der Waals surface area contributed by atoms with Crippen molar-refractivity contribution in [3.63, 3.8) is 0 Å². The van der Waals surface area contributed by atoms with E-state index in [0.717, 1.165) is 4.31 Å². The Morgan fingerprint density at radius 3 is 2.52 bits per heavy atom. The molecule has 1 N–H and O–H groups in total. The third-order valence-corrected chi connectivity index (χ3v) is 5.72. The van der Waals surface area contributed by atoms with Gasteiger partial charge in [0.2, 0.25) is 15.9 Å². The molecule has 0 fully saturated rings. The largest absolute Gasteiger partial charge is 0.496 e. The smallest absolute Gasteiger partial charge is 0.243 e. The number of likely N-dealkylation sites (N-methyl/N-ethyl adjacent to an activating group) is 1. The molecule has 0 heterocycles. The summed E-state index contributed by atoms with van der Waals surface area (Å²) >= 11 is 5.98. The van der Waals surface area contributed by atoms with Gasteiger partial charge in [-0.25, -0.2) is 8.42 Å². The van der Waals surface area contributed by atoms with E-state index in [1.165, 1.54) is 26.3 Å². The summed E-state index contributed by atoms with van der Waals surface area (Å²) < 4.78 is 31.4. The zero-order valence-corrected chi connectivity index (χ0v) is 15.7. The first-order valence-corrected chi connectivity index (χ1v) is 9.23. The van der Waals surface area contributed by atoms with Crippen LogP contribution in [-0.2, 0) is 14.8 Å². The van der Waals surface area contributed by atoms with Crippen molar-refractivity contribution >= 4 is 33.2 Å². The summed E-state index contributed by atoms with van der Waals surface area (Å²) in [5.41, 5.74) is 1.12. The highest BCUT2D eigenvalue weighted by Gasteiger charge is 2.24. The van der Waals surface area contributed by atoms with Crippen LogP contribution in [0.5, 0.6) is 5.75 Å². The van der Waals surface area contributed by atoms with E-state index in [1.807, 2.05) is 0 Å². The second kappa shape index (κ2) is 7.86. The summed E-state index contributed by atoms with van der Waals surface area (Å²) in [5, 5.41) is 2.98. The van der Waals surface area contributed by atoms with E-state index in [-0.39, 0.29) is 11.4 Å². The molecule has 0 radical (unpaired) electrons. The van der Waals surface area contributed by atoms with Crippen LogP contribution in [-0.4, -0.2) is 39.3 Å². The molecular formula is C17H19ClN2O4S. The monoisotopic (exact) mass is 382 g/mol. The van der Waals surface area contributed by atoms with Crippen LogP contribution in [0.1, 0.15) is 5.56 Å². The van der Waals surface area contributed by atoms with Gasteiger partial charge in [0.15, 0.2) is 0 Å². The second-order valence-corrected chi connectivity index (χ2v) is 7.87. The number of carbonyl (C=O) groups excluding carboxylic acids is 1. The number of rotatable bonds is 6. The van der Waals surface area contributed by atoms with Crippen molar-refractivity contribution in [3.8, 4) is 5.75 Å². The van der Waals surface area contributed by atoms with Crippen LogP contribution < -0.4 is 10.1 Å². The van der Waals surface area contributed by atoms with Crippen LogP contribution in [0.25, 0.3) is 0 Å². The maximum atomic E-state index is 12.6. The first kappa shape index (κ1) is 19.2. The molecule has 0 saturated carbocycles. The molecule has 0 unspecified atom stereocenters. The Balaban J connectivity index is 2.13. The predicted octanol–water partition coefficient (Wildman–Crippen LogP) is 2.92. The average molecular weight is 383 g/mol. The molecule has 2 rings (SSSR count). The molecule has 0 aliphatic heterocycles. The Morgan fingerprint density at radius 1 is 1.24 bits per heavy atom. The fourth-order valence-electron chi connectivity index (χ4n) is 2.23. The van der Waals surface area contributed by atoms with Gasteiger partial charge in [0, 0.05) is 7.05 Å². The lowest BCUT2D eigenvalue weighted by molar-refractivity contribution is -0.116. The maximum absolute atomic E-state index is 12.6. The van der Waals surface area contributed by atoms with Crippen LogP contribution in [0, 0.1) is 6.92 Å². The molecule has 2 aromatic carbocycles. The number of methoxy groups -OCH3 is 1. The Morgan fingerprint density at radius 2 is 1.92 bits per heavy atom. The fraction of sp³-hybridized carbons (Fsp3) is 0.235. The Hall–Kier alpha value is -2.09. The van der Waals surface area contributed by atoms with E-state index in [2.05, 4.69) is 5.32 Å². The van der Waals surface area contributed by atoms with Crippen molar-refractivity contribution in [1.82, 2.24) is 4.31 Å². The van der Waals surface area contributed by atoms with Crippen molar-refractivity contribution < 1.29 is 17.9 Å². The highest BCUT2D eigenvalue weighted by Crippen LogP contribution is 2.24. The topological polar surface area (TPSA) is 75.7 Å². The van der Waals surface area contributed by atoms with Gasteiger partial charge in [0.05, 0.1) is 29.3 Å². The minimum atomic E-state index is -3.80. The van der Waals surface area contributed by atoms with E-state index < -0.39 is 15.9 Å². The molecule has 134 valence electrons. The van der Waals surface area contributed by atoms with Crippen LogP contribution in [0.15, 0.2) is 47.4 Å². The minimum Gasteiger partial charge on any atom is -0.496 e. The van der Waals surface area contributed by atoms with E-state index in [4.69, 9.17) is 16.3 Å². The summed E-state index contributed by atoms with van der Waals surface area (Å²) in [5.74, 6) is 0.113. The number of carbonyl (C=O) groups is 1. The van der Waals surface area contributed by atoms with Crippen molar-refractivity contribution in [3.05, 3.63) is 53.1 Å². The lowest BCUT2D eigenvalue weighted by Gasteiger charge is -2.18. The number of aryl methyl sites for hydroxylation is 1. The van der Waals surface area contributed by atoms with Crippen molar-refractivity contribution in [2.75, 3.05) is 26.0 Å². The van der Waals surface area contributed by atoms with Gasteiger partial charge in [-0.3, -0.25) is 4.79 Å². The van der Waals surface area contributed by atoms with Crippen LogP contribution >= 0.6 is 11.6 Å². The molecule has 6 nitrogen and oxygen atoms in total. The first-order chi connectivity index (χ1) is 11.8. The van der Waals surface area contributed by atoms with Gasteiger partial charge in [0.25, 0.3) is 0 Å². The van der Waals surface area contributed by atoms with E-state index >= 15 is 0 Å². The predicted molar refractivity (Wildman–Crippen MR) is 97.6 cm³/mol. The average Bonchev–Trinajstić information content (AvgIpc) is 2.56. The number of benzene rings is 2. The number of sulfonamides is 1. The summed E-state index contributed by atoms with van der Waals surface area (Å²) in [6.07, 6.45) is 0. The Bertz CT molecular complexity index is 884. The number of anilines is 1. The normalized spacial score (nSPS) is 11.4. The van der Waals surface area contributed by atoms with Gasteiger partial charge in [-0.2, -0.15) is 4.31 Å². The summed E-state index contributed by atoms with van der Waals surface area (Å²) in [6, 6.07) is 11.3. The number of hydrogen-bond donors (Lipinski definition) is 1. The summed E-state index contributed by atoms with van der Waals surface area (Å²) in [4.78, 5) is 12.2. The zero-order valence-electron chi connectivity index (χ0n) is 14.1. The molecule has 8 heteroatoms. The molecule has 0 saturated heterocycles. The van der Waals surface area contributed by atoms with Gasteiger partial charge in [0.1, 0.15) is 5.75 Å². The fourth-order valence-corrected chi connectivity index (χ4v) is 3.63. The molecule has 0 aliphatic carbocycles. The highest BCUT2D eigenvalue weighted by atomic mass is 35.5. The van der Waals surface area contributed by atoms with Gasteiger partial charge < -0.3 is 10.1 Å². The second-order valence-electron chi connectivity index (χ2n) is 5.42. The summed E-state index contributed by atoms with van der Waals surface area (Å²) in [7, 11) is -0.936. The van der Waals surface area contributed by atoms with Crippen LogP contribution in [0.2, 0.25) is 5.02 Å². The van der Waals surface area contributed by atoms with Crippen molar-refractivity contribution in [2.24, 2.45) is 0 Å². The first-order valence-electron chi connectivity index (χ1n) is 7.41. The highest BCUT2D eigenvalue weighted by molar-refractivity contribution is 7.89. The number of ether oxygens (including phenoxy) is 1. The van der Waals surface area contributed by atoms with Crippen molar-refractivity contribution in [2.45, 2.75) is 11.8 Å². The van der Waals surface area contributed by atoms with Crippen LogP contribution in [0.3, 0.4) is 0 Å². The van der Waals surface area contributed by atoms with E-state index in [1.54, 1.807) is 37.3 Å². The Labute approximate surface area is 152 Å². The molecule has 1 amide bonds. The third kappa shape index (κ3) is 4.50. The minimum absolute atomic E-state index is 0.0962. The van der Waals surface area contributed by atoms with Gasteiger partial charge in [-0.1, -0.05) is 23.7 Å². The van der Waals surface area contributed by atoms with Crippen molar-refractivity contribution in [1.29, 1.82) is 0 Å². The molecule has 0 atom stereocenters. The summed E-state index contributed by atoms with van der Waals surface area (Å²) in [6.45, 7) is 1.42. The van der Waals surface area contributed by atoms with Crippen LogP contribution in [0.4, 0.5) is 5.69 Å². The number of amides is 1. The Kier molecular flexibility index (Phi) is 6.05. The number of nitrogens with zero attached hydrogens (tertiary/aromatic N) is 1. The maximum Gasteiger partial charge on any atom is 0.243 e. The standard InChI is InChI=1S/C17H19ClN2O4S/c1-12-10-13(8-9-16(12)24-3)25(22,23)20(2)11-17(21)19-15-7-5-4-6-14(15)18/h4-10H,11H2,1-3H3,(H,19,21). The molecule has 25 heavy (non-hydrogen) atoms. The zero-order chi connectivity index (χ0) is 18.6. The lowest BCUT2D eigenvalue weighted by atomic mass is 10.2. The molecule has 0 aromatic heterocycles. The SMILES string of the molecule is COc1ccc(S(=O)(=O)N(C)CC(=O)Nc2ccccc2Cl)cc1C. The molecule has 0 bridgehead atoms. The molecule has 0 aliphatic rings. The third-order valence-electron chi connectivity index (χ3n) is 3.59. The lowest BCUT2D eigenvalue weighted by Crippen LogP contribution is -2.35. The number of para-hydroxylation sites is 1. The quantitative estimate of drug-likeness (QED) is 0.833. The van der Waals surface area contributed by atoms with E-state index in [0.29, 0.717) is 22.0 Å². The van der Waals surface area contributed by atoms with E-state index in [9.17, 15) is 13.2 Å². The molecule has 0 spiro atoms.